The average molecular weight is 482 g/mol. The van der Waals surface area contributed by atoms with E-state index in [0.717, 1.165) is 52.9 Å². The van der Waals surface area contributed by atoms with Crippen molar-refractivity contribution in [2.75, 3.05) is 33.4 Å². The topological polar surface area (TPSA) is 67.6 Å². The standard InChI is InChI=1S/C26H31N3O4S/c1-18(2)23-15-19(8-13-24(23)33-17-30-3)25-27-28-26(34-16-22-7-5-6-14-32-22)29(25)20-9-11-21(31-4)12-10-20/h9-12,15,18,22H,5-7,14,16-17H2,1-4H3. The molecule has 0 amide bonds. The normalized spacial score (nSPS) is 17.9. The number of nitrogens with zero attached hydrogens (tertiary/aromatic N) is 3. The van der Waals surface area contributed by atoms with E-state index >= 15 is 0 Å². The molecule has 1 fully saturated rings. The maximum atomic E-state index is 5.92. The first kappa shape index (κ1) is 24.4. The Labute approximate surface area is 205 Å². The molecule has 1 aromatic heterocycles. The molecule has 0 bridgehead atoms. The molecular formula is C26H31N3O4S. The number of thioether (sulfide) groups is 1. The van der Waals surface area contributed by atoms with Crippen molar-refractivity contribution in [2.45, 2.75) is 44.4 Å². The molecule has 1 saturated heterocycles. The Kier molecular flexibility index (Phi) is 8.33. The fourth-order valence-electron chi connectivity index (χ4n) is 3.85. The van der Waals surface area contributed by atoms with Crippen molar-refractivity contribution in [3.63, 3.8) is 0 Å². The van der Waals surface area contributed by atoms with E-state index in [1.807, 2.05) is 24.3 Å². The van der Waals surface area contributed by atoms with Crippen molar-refractivity contribution in [3.8, 4) is 11.4 Å². The van der Waals surface area contributed by atoms with E-state index in [4.69, 9.17) is 18.9 Å². The summed E-state index contributed by atoms with van der Waals surface area (Å²) >= 11 is 1.67. The SMILES string of the molecule is COCOC1=C=C=C(c2nnc(SCC3CCCCO3)n2-c2ccc(OC)cc2)C=C1C(C)C. The second-order valence-electron chi connectivity index (χ2n) is 8.44. The van der Waals surface area contributed by atoms with Gasteiger partial charge in [0.25, 0.3) is 0 Å². The first-order valence-corrected chi connectivity index (χ1v) is 12.5. The summed E-state index contributed by atoms with van der Waals surface area (Å²) in [5, 5.41) is 9.92. The van der Waals surface area contributed by atoms with Gasteiger partial charge in [0.15, 0.2) is 23.5 Å². The number of rotatable bonds is 10. The molecule has 2 aromatic rings. The van der Waals surface area contributed by atoms with Gasteiger partial charge in [0.2, 0.25) is 0 Å². The summed E-state index contributed by atoms with van der Waals surface area (Å²) in [6, 6.07) is 7.90. The van der Waals surface area contributed by atoms with Gasteiger partial charge in [0.1, 0.15) is 5.75 Å². The van der Waals surface area contributed by atoms with Crippen LogP contribution in [0.1, 0.15) is 38.9 Å². The van der Waals surface area contributed by atoms with Crippen molar-refractivity contribution in [2.24, 2.45) is 5.92 Å². The minimum Gasteiger partial charge on any atom is -0.497 e. The highest BCUT2D eigenvalue weighted by Crippen LogP contribution is 2.32. The highest BCUT2D eigenvalue weighted by molar-refractivity contribution is 7.99. The fraction of sp³-hybridized carbons (Fsp3) is 0.462. The molecule has 34 heavy (non-hydrogen) atoms. The van der Waals surface area contributed by atoms with E-state index in [2.05, 4.69) is 46.2 Å². The molecule has 180 valence electrons. The van der Waals surface area contributed by atoms with Crippen LogP contribution in [0.2, 0.25) is 0 Å². The van der Waals surface area contributed by atoms with Gasteiger partial charge < -0.3 is 18.9 Å². The van der Waals surface area contributed by atoms with Gasteiger partial charge in [-0.05, 0) is 61.3 Å². The summed E-state index contributed by atoms with van der Waals surface area (Å²) in [6.45, 7) is 5.23. The maximum absolute atomic E-state index is 5.92. The second kappa shape index (κ2) is 11.6. The van der Waals surface area contributed by atoms with Gasteiger partial charge in [-0.1, -0.05) is 31.3 Å². The first-order valence-electron chi connectivity index (χ1n) is 11.5. The molecule has 4 rings (SSSR count). The summed E-state index contributed by atoms with van der Waals surface area (Å²) in [7, 11) is 3.26. The quantitative estimate of drug-likeness (QED) is 0.263. The van der Waals surface area contributed by atoms with E-state index in [1.165, 1.54) is 6.42 Å². The van der Waals surface area contributed by atoms with E-state index in [9.17, 15) is 0 Å². The molecule has 0 N–H and O–H groups in total. The van der Waals surface area contributed by atoms with Crippen LogP contribution >= 0.6 is 11.8 Å². The number of hydrogen-bond donors (Lipinski definition) is 0. The molecule has 8 heteroatoms. The Morgan fingerprint density at radius 1 is 1.15 bits per heavy atom. The lowest BCUT2D eigenvalue weighted by Crippen LogP contribution is -2.21. The van der Waals surface area contributed by atoms with Crippen molar-refractivity contribution in [1.82, 2.24) is 14.8 Å². The summed E-state index contributed by atoms with van der Waals surface area (Å²) in [4.78, 5) is 0. The Bertz CT molecular complexity index is 1120. The molecule has 1 atom stereocenters. The lowest BCUT2D eigenvalue weighted by Gasteiger charge is -2.22. The Balaban J connectivity index is 1.73. The van der Waals surface area contributed by atoms with Gasteiger partial charge in [-0.25, -0.2) is 0 Å². The zero-order valence-electron chi connectivity index (χ0n) is 20.2. The third-order valence-corrected chi connectivity index (χ3v) is 6.75. The molecule has 1 aliphatic carbocycles. The Morgan fingerprint density at radius 2 is 1.97 bits per heavy atom. The molecule has 0 radical (unpaired) electrons. The number of methoxy groups -OCH3 is 2. The van der Waals surface area contributed by atoms with Crippen LogP contribution in [0.25, 0.3) is 11.3 Å². The molecule has 1 unspecified atom stereocenters. The van der Waals surface area contributed by atoms with E-state index in [1.54, 1.807) is 26.0 Å². The minimum atomic E-state index is 0.162. The van der Waals surface area contributed by atoms with E-state index in [-0.39, 0.29) is 18.8 Å². The van der Waals surface area contributed by atoms with Gasteiger partial charge >= 0.3 is 0 Å². The smallest absolute Gasteiger partial charge is 0.196 e. The molecule has 7 nitrogen and oxygen atoms in total. The molecule has 0 spiro atoms. The highest BCUT2D eigenvalue weighted by atomic mass is 32.2. The van der Waals surface area contributed by atoms with Crippen molar-refractivity contribution in [3.05, 3.63) is 59.0 Å². The third-order valence-electron chi connectivity index (χ3n) is 5.69. The van der Waals surface area contributed by atoms with Crippen molar-refractivity contribution < 1.29 is 18.9 Å². The Morgan fingerprint density at radius 3 is 2.65 bits per heavy atom. The third kappa shape index (κ3) is 5.66. The van der Waals surface area contributed by atoms with Gasteiger partial charge in [0, 0.05) is 25.0 Å². The molecule has 0 saturated carbocycles. The van der Waals surface area contributed by atoms with Crippen LogP contribution in [0.4, 0.5) is 0 Å². The van der Waals surface area contributed by atoms with E-state index in [0.29, 0.717) is 11.6 Å². The highest BCUT2D eigenvalue weighted by Gasteiger charge is 2.23. The summed E-state index contributed by atoms with van der Waals surface area (Å²) in [5.74, 6) is 3.20. The van der Waals surface area contributed by atoms with Gasteiger partial charge in [-0.3, -0.25) is 4.57 Å². The van der Waals surface area contributed by atoms with Gasteiger partial charge in [0.05, 0.1) is 24.5 Å². The zero-order chi connectivity index (χ0) is 23.9. The van der Waals surface area contributed by atoms with Crippen LogP contribution in [0.3, 0.4) is 0 Å². The van der Waals surface area contributed by atoms with Crippen LogP contribution in [0.15, 0.2) is 58.3 Å². The first-order chi connectivity index (χ1) is 16.6. The van der Waals surface area contributed by atoms with Gasteiger partial charge in [-0.2, -0.15) is 0 Å². The summed E-state index contributed by atoms with van der Waals surface area (Å²) in [5.41, 5.74) is 9.14. The number of allylic oxidation sites excluding steroid dienone is 3. The van der Waals surface area contributed by atoms with Crippen LogP contribution in [-0.4, -0.2) is 54.2 Å². The second-order valence-corrected chi connectivity index (χ2v) is 9.42. The summed E-state index contributed by atoms with van der Waals surface area (Å²) < 4.78 is 24.1. The maximum Gasteiger partial charge on any atom is 0.196 e. The predicted octanol–water partition coefficient (Wildman–Crippen LogP) is 5.17. The molecule has 1 aliphatic heterocycles. The lowest BCUT2D eigenvalue weighted by atomic mass is 9.96. The number of ether oxygens (including phenoxy) is 4. The monoisotopic (exact) mass is 481 g/mol. The lowest BCUT2D eigenvalue weighted by molar-refractivity contribution is 0.00783. The molecule has 2 heterocycles. The van der Waals surface area contributed by atoms with Crippen LogP contribution < -0.4 is 4.74 Å². The van der Waals surface area contributed by atoms with Crippen LogP contribution in [0.5, 0.6) is 5.75 Å². The number of hydrogen-bond acceptors (Lipinski definition) is 7. The Hall–Kier alpha value is -2.73. The van der Waals surface area contributed by atoms with Crippen LogP contribution in [-0.2, 0) is 14.2 Å². The fourth-order valence-corrected chi connectivity index (χ4v) is 4.87. The van der Waals surface area contributed by atoms with Crippen LogP contribution in [0, 0.1) is 5.92 Å². The van der Waals surface area contributed by atoms with Crippen molar-refractivity contribution >= 4 is 17.3 Å². The largest absolute Gasteiger partial charge is 0.497 e. The summed E-state index contributed by atoms with van der Waals surface area (Å²) in [6.07, 6.45) is 5.73. The molecule has 1 aromatic carbocycles. The minimum absolute atomic E-state index is 0.162. The van der Waals surface area contributed by atoms with Crippen molar-refractivity contribution in [1.29, 1.82) is 0 Å². The predicted molar refractivity (Wildman–Crippen MR) is 132 cm³/mol. The average Bonchev–Trinajstić information content (AvgIpc) is 3.30. The van der Waals surface area contributed by atoms with Gasteiger partial charge in [-0.15, -0.1) is 10.2 Å². The van der Waals surface area contributed by atoms with E-state index < -0.39 is 0 Å². The molecular weight excluding hydrogens is 450 g/mol. The number of aromatic nitrogens is 3. The number of benzene rings is 1. The molecule has 2 aliphatic rings. The zero-order valence-corrected chi connectivity index (χ0v) is 21.0.